The molecule has 0 unspecified atom stereocenters. The topological polar surface area (TPSA) is 53.3 Å². The van der Waals surface area contributed by atoms with Crippen LogP contribution in [0.4, 0.5) is 0 Å². The second-order valence-electron chi connectivity index (χ2n) is 2.44. The normalized spacial score (nSPS) is 9.54. The average molecular weight is 168 g/mol. The van der Waals surface area contributed by atoms with Gasteiger partial charge in [0.2, 0.25) is 0 Å². The summed E-state index contributed by atoms with van der Waals surface area (Å²) in [6.45, 7) is 0. The molecule has 1 aromatic heterocycles. The molecule has 0 atom stereocenters. The first kappa shape index (κ1) is 9.91. The van der Waals surface area contributed by atoms with Crippen LogP contribution in [-0.4, -0.2) is 5.97 Å². The summed E-state index contributed by atoms with van der Waals surface area (Å²) in [5.74, 6) is -1.41. The molecule has 1 heterocycles. The fourth-order valence-corrected chi connectivity index (χ4v) is 1.08. The van der Waals surface area contributed by atoms with Crippen LogP contribution in [-0.2, 0) is 0 Å². The molecular formula is C9H5LiO3. The fraction of sp³-hybridized carbons (Fsp3) is 0. The molecular weight excluding hydrogens is 163 g/mol. The van der Waals surface area contributed by atoms with E-state index < -0.39 is 5.97 Å². The Labute approximate surface area is 86.5 Å². The van der Waals surface area contributed by atoms with Crippen molar-refractivity contribution in [1.29, 1.82) is 0 Å². The number of fused-ring (bicyclic) bond motifs is 1. The molecule has 0 aliphatic carbocycles. The van der Waals surface area contributed by atoms with E-state index in [2.05, 4.69) is 0 Å². The number of rotatable bonds is 1. The number of hydrogen-bond acceptors (Lipinski definition) is 3. The van der Waals surface area contributed by atoms with Crippen molar-refractivity contribution < 1.29 is 33.2 Å². The minimum Gasteiger partial charge on any atom is -0.542 e. The first-order valence-electron chi connectivity index (χ1n) is 3.47. The average Bonchev–Trinajstić information content (AvgIpc) is 2.46. The Balaban J connectivity index is 0.000000845. The molecule has 0 N–H and O–H groups in total. The standard InChI is InChI=1S/C9H6O3.Li/c10-9(11)8-5-6-3-1-2-4-7(6)12-8;/h1-5H,(H,10,11);/q;+1/p-1. The minimum absolute atomic E-state index is 0. The van der Waals surface area contributed by atoms with Gasteiger partial charge in [0, 0.05) is 5.39 Å². The largest absolute Gasteiger partial charge is 1.00 e. The summed E-state index contributed by atoms with van der Waals surface area (Å²) in [5, 5.41) is 11.1. The number of hydrogen-bond donors (Lipinski definition) is 0. The molecule has 13 heavy (non-hydrogen) atoms. The first-order valence-corrected chi connectivity index (χ1v) is 3.47. The predicted molar refractivity (Wildman–Crippen MR) is 40.5 cm³/mol. The van der Waals surface area contributed by atoms with Gasteiger partial charge in [-0.25, -0.2) is 0 Å². The third-order valence-electron chi connectivity index (χ3n) is 1.63. The molecule has 3 nitrogen and oxygen atoms in total. The molecule has 4 heteroatoms. The van der Waals surface area contributed by atoms with E-state index in [1.165, 1.54) is 6.07 Å². The summed E-state index contributed by atoms with van der Waals surface area (Å²) in [4.78, 5) is 10.4. The van der Waals surface area contributed by atoms with Gasteiger partial charge in [-0.05, 0) is 12.1 Å². The maximum absolute atomic E-state index is 10.4. The Kier molecular flexibility index (Phi) is 2.82. The Morgan fingerprint density at radius 3 is 2.62 bits per heavy atom. The van der Waals surface area contributed by atoms with Crippen molar-refractivity contribution in [2.24, 2.45) is 0 Å². The number of carboxylic acids is 1. The van der Waals surface area contributed by atoms with Crippen molar-refractivity contribution in [3.63, 3.8) is 0 Å². The van der Waals surface area contributed by atoms with Crippen LogP contribution >= 0.6 is 0 Å². The predicted octanol–water partition coefficient (Wildman–Crippen LogP) is -2.20. The summed E-state index contributed by atoms with van der Waals surface area (Å²) in [7, 11) is 0. The van der Waals surface area contributed by atoms with E-state index in [1.54, 1.807) is 18.2 Å². The maximum atomic E-state index is 10.4. The van der Waals surface area contributed by atoms with Gasteiger partial charge in [0.05, 0.1) is 0 Å². The quantitative estimate of drug-likeness (QED) is 0.454. The molecule has 0 aliphatic rings. The van der Waals surface area contributed by atoms with Crippen LogP contribution in [0.25, 0.3) is 11.0 Å². The van der Waals surface area contributed by atoms with Gasteiger partial charge in [-0.3, -0.25) is 0 Å². The second-order valence-corrected chi connectivity index (χ2v) is 2.44. The van der Waals surface area contributed by atoms with Crippen LogP contribution < -0.4 is 24.0 Å². The Morgan fingerprint density at radius 1 is 1.31 bits per heavy atom. The third kappa shape index (κ3) is 1.77. The minimum atomic E-state index is -1.29. The Morgan fingerprint density at radius 2 is 2.00 bits per heavy atom. The van der Waals surface area contributed by atoms with Crippen LogP contribution in [0.5, 0.6) is 0 Å². The van der Waals surface area contributed by atoms with Gasteiger partial charge in [0.15, 0.2) is 5.76 Å². The maximum Gasteiger partial charge on any atom is 1.00 e. The van der Waals surface area contributed by atoms with E-state index in [-0.39, 0.29) is 24.6 Å². The molecule has 0 fully saturated rings. The smallest absolute Gasteiger partial charge is 0.542 e. The zero-order valence-electron chi connectivity index (χ0n) is 7.11. The third-order valence-corrected chi connectivity index (χ3v) is 1.63. The Hall–Kier alpha value is -1.17. The van der Waals surface area contributed by atoms with Gasteiger partial charge >= 0.3 is 18.9 Å². The van der Waals surface area contributed by atoms with Gasteiger partial charge < -0.3 is 14.3 Å². The molecule has 0 aliphatic heterocycles. The van der Waals surface area contributed by atoms with Gasteiger partial charge in [-0.2, -0.15) is 0 Å². The van der Waals surface area contributed by atoms with E-state index in [0.29, 0.717) is 5.58 Å². The van der Waals surface area contributed by atoms with E-state index in [9.17, 15) is 9.90 Å². The molecule has 0 radical (unpaired) electrons. The van der Waals surface area contributed by atoms with Crippen molar-refractivity contribution in [3.05, 3.63) is 36.1 Å². The Bertz CT molecular complexity index is 400. The van der Waals surface area contributed by atoms with E-state index in [4.69, 9.17) is 4.42 Å². The summed E-state index contributed by atoms with van der Waals surface area (Å²) in [5.41, 5.74) is 0.566. The summed E-state index contributed by atoms with van der Waals surface area (Å²) >= 11 is 0. The second kappa shape index (κ2) is 3.69. The summed E-state index contributed by atoms with van der Waals surface area (Å²) < 4.78 is 4.97. The van der Waals surface area contributed by atoms with E-state index in [0.717, 1.165) is 5.39 Å². The monoisotopic (exact) mass is 168 g/mol. The molecule has 0 saturated carbocycles. The van der Waals surface area contributed by atoms with Crippen LogP contribution in [0.1, 0.15) is 10.6 Å². The van der Waals surface area contributed by atoms with Crippen molar-refractivity contribution in [3.8, 4) is 0 Å². The van der Waals surface area contributed by atoms with Crippen LogP contribution in [0.3, 0.4) is 0 Å². The van der Waals surface area contributed by atoms with Gasteiger partial charge in [-0.15, -0.1) is 0 Å². The van der Waals surface area contributed by atoms with E-state index >= 15 is 0 Å². The molecule has 1 aromatic carbocycles. The van der Waals surface area contributed by atoms with Crippen molar-refractivity contribution in [1.82, 2.24) is 0 Å². The van der Waals surface area contributed by atoms with E-state index in [1.807, 2.05) is 6.07 Å². The zero-order valence-corrected chi connectivity index (χ0v) is 7.11. The first-order chi connectivity index (χ1) is 5.77. The van der Waals surface area contributed by atoms with Crippen molar-refractivity contribution in [2.45, 2.75) is 0 Å². The zero-order chi connectivity index (χ0) is 8.55. The van der Waals surface area contributed by atoms with Gasteiger partial charge in [-0.1, -0.05) is 18.2 Å². The molecule has 2 rings (SSSR count). The molecule has 2 aromatic rings. The number of carbonyl (C=O) groups excluding carboxylic acids is 1. The van der Waals surface area contributed by atoms with Crippen LogP contribution in [0.2, 0.25) is 0 Å². The number of aromatic carboxylic acids is 1. The fourth-order valence-electron chi connectivity index (χ4n) is 1.08. The summed E-state index contributed by atoms with van der Waals surface area (Å²) in [6, 6.07) is 8.54. The molecule has 60 valence electrons. The number of benzene rings is 1. The molecule has 0 saturated heterocycles. The summed E-state index contributed by atoms with van der Waals surface area (Å²) in [6.07, 6.45) is 0. The molecule has 0 spiro atoms. The number of para-hydroxylation sites is 1. The van der Waals surface area contributed by atoms with Crippen LogP contribution in [0.15, 0.2) is 34.7 Å². The molecule has 0 amide bonds. The number of carbonyl (C=O) groups is 1. The molecule has 0 bridgehead atoms. The SMILES string of the molecule is O=C([O-])c1cc2ccccc2o1.[Li+]. The number of carboxylic acid groups (broad SMARTS) is 1. The van der Waals surface area contributed by atoms with Crippen LogP contribution in [0, 0.1) is 0 Å². The van der Waals surface area contributed by atoms with Crippen molar-refractivity contribution >= 4 is 16.9 Å². The number of furan rings is 1. The van der Waals surface area contributed by atoms with Crippen molar-refractivity contribution in [2.75, 3.05) is 0 Å². The van der Waals surface area contributed by atoms with Gasteiger partial charge in [0.25, 0.3) is 0 Å². The van der Waals surface area contributed by atoms with Gasteiger partial charge in [0.1, 0.15) is 11.6 Å².